The highest BCUT2D eigenvalue weighted by Crippen LogP contribution is 2.57. The highest BCUT2D eigenvalue weighted by molar-refractivity contribution is 5.75. The Balaban J connectivity index is 1.66. The molecule has 0 aromatic heterocycles. The summed E-state index contributed by atoms with van der Waals surface area (Å²) >= 11 is 0. The van der Waals surface area contributed by atoms with Crippen LogP contribution in [0.1, 0.15) is 52.4 Å². The Morgan fingerprint density at radius 2 is 2.11 bits per heavy atom. The van der Waals surface area contributed by atoms with Crippen LogP contribution in [-0.4, -0.2) is 37.7 Å². The highest BCUT2D eigenvalue weighted by atomic mass is 16.5. The fraction of sp³-hybridized carbons (Fsp3) is 0.933. The maximum Gasteiger partial charge on any atom is 0.221 e. The van der Waals surface area contributed by atoms with E-state index in [1.807, 2.05) is 0 Å². The highest BCUT2D eigenvalue weighted by Gasteiger charge is 2.58. The van der Waals surface area contributed by atoms with E-state index in [1.54, 1.807) is 0 Å². The molecule has 2 unspecified atom stereocenters. The zero-order valence-corrected chi connectivity index (χ0v) is 12.3. The van der Waals surface area contributed by atoms with Gasteiger partial charge in [0.05, 0.1) is 6.10 Å². The van der Waals surface area contributed by atoms with Gasteiger partial charge in [0.15, 0.2) is 0 Å². The molecular formula is C15H28N2O2. The van der Waals surface area contributed by atoms with E-state index in [2.05, 4.69) is 24.5 Å². The Morgan fingerprint density at radius 1 is 1.32 bits per heavy atom. The Bertz CT molecular complexity index is 303. The first kappa shape index (κ1) is 14.8. The molecule has 1 amide bonds. The molecule has 0 bridgehead atoms. The molecule has 2 saturated carbocycles. The SMILES string of the molecule is CCCNC(=O)CCNC1CC(OCC)C12CCC2. The van der Waals surface area contributed by atoms with Crippen LogP contribution in [-0.2, 0) is 9.53 Å². The molecular weight excluding hydrogens is 240 g/mol. The summed E-state index contributed by atoms with van der Waals surface area (Å²) < 4.78 is 5.83. The van der Waals surface area contributed by atoms with Crippen LogP contribution in [0.5, 0.6) is 0 Å². The molecule has 2 atom stereocenters. The molecule has 4 nitrogen and oxygen atoms in total. The van der Waals surface area contributed by atoms with Crippen molar-refractivity contribution in [2.45, 2.75) is 64.5 Å². The van der Waals surface area contributed by atoms with Gasteiger partial charge in [0.25, 0.3) is 0 Å². The van der Waals surface area contributed by atoms with Crippen LogP contribution in [0.3, 0.4) is 0 Å². The fourth-order valence-corrected chi connectivity index (χ4v) is 3.44. The molecule has 1 spiro atoms. The van der Waals surface area contributed by atoms with E-state index in [0.717, 1.165) is 32.5 Å². The lowest BCUT2D eigenvalue weighted by molar-refractivity contribution is -0.172. The van der Waals surface area contributed by atoms with Gasteiger partial charge in [0.2, 0.25) is 5.91 Å². The van der Waals surface area contributed by atoms with Gasteiger partial charge in [0, 0.05) is 37.6 Å². The van der Waals surface area contributed by atoms with E-state index in [1.165, 1.54) is 19.3 Å². The molecule has 110 valence electrons. The zero-order valence-electron chi connectivity index (χ0n) is 12.3. The van der Waals surface area contributed by atoms with Gasteiger partial charge in [-0.1, -0.05) is 13.3 Å². The molecule has 2 aliphatic rings. The quantitative estimate of drug-likeness (QED) is 0.706. The van der Waals surface area contributed by atoms with Crippen molar-refractivity contribution in [2.24, 2.45) is 5.41 Å². The van der Waals surface area contributed by atoms with Crippen molar-refractivity contribution >= 4 is 5.91 Å². The van der Waals surface area contributed by atoms with Gasteiger partial charge < -0.3 is 15.4 Å². The number of hydrogen-bond donors (Lipinski definition) is 2. The van der Waals surface area contributed by atoms with Crippen molar-refractivity contribution in [1.29, 1.82) is 0 Å². The van der Waals surface area contributed by atoms with Crippen LogP contribution < -0.4 is 10.6 Å². The summed E-state index contributed by atoms with van der Waals surface area (Å²) in [7, 11) is 0. The zero-order chi connectivity index (χ0) is 13.7. The average molecular weight is 268 g/mol. The summed E-state index contributed by atoms with van der Waals surface area (Å²) in [6.45, 7) is 6.55. The minimum Gasteiger partial charge on any atom is -0.378 e. The smallest absolute Gasteiger partial charge is 0.221 e. The summed E-state index contributed by atoms with van der Waals surface area (Å²) in [5.74, 6) is 0.165. The van der Waals surface area contributed by atoms with Gasteiger partial charge in [-0.3, -0.25) is 4.79 Å². The molecule has 2 rings (SSSR count). The van der Waals surface area contributed by atoms with E-state index >= 15 is 0 Å². The predicted octanol–water partition coefficient (Wildman–Crippen LogP) is 1.84. The molecule has 0 saturated heterocycles. The third-order valence-electron chi connectivity index (χ3n) is 4.75. The van der Waals surface area contributed by atoms with E-state index in [4.69, 9.17) is 4.74 Å². The lowest BCUT2D eigenvalue weighted by Crippen LogP contribution is -2.67. The van der Waals surface area contributed by atoms with Crippen molar-refractivity contribution < 1.29 is 9.53 Å². The first-order valence-electron chi connectivity index (χ1n) is 7.84. The number of carbonyl (C=O) groups excluding carboxylic acids is 1. The number of rotatable bonds is 8. The maximum absolute atomic E-state index is 11.5. The number of ether oxygens (including phenoxy) is 1. The third kappa shape index (κ3) is 3.11. The fourth-order valence-electron chi connectivity index (χ4n) is 3.44. The minimum atomic E-state index is 0.165. The molecule has 2 N–H and O–H groups in total. The Labute approximate surface area is 116 Å². The van der Waals surface area contributed by atoms with E-state index in [0.29, 0.717) is 24.0 Å². The summed E-state index contributed by atoms with van der Waals surface area (Å²) in [5.41, 5.74) is 0.399. The number of hydrogen-bond acceptors (Lipinski definition) is 3. The molecule has 2 fully saturated rings. The van der Waals surface area contributed by atoms with Gasteiger partial charge >= 0.3 is 0 Å². The summed E-state index contributed by atoms with van der Waals surface area (Å²) in [4.78, 5) is 11.5. The molecule has 4 heteroatoms. The Morgan fingerprint density at radius 3 is 2.68 bits per heavy atom. The monoisotopic (exact) mass is 268 g/mol. The van der Waals surface area contributed by atoms with Gasteiger partial charge in [-0.15, -0.1) is 0 Å². The van der Waals surface area contributed by atoms with Crippen molar-refractivity contribution in [3.8, 4) is 0 Å². The van der Waals surface area contributed by atoms with Crippen LogP contribution in [0.2, 0.25) is 0 Å². The molecule has 0 heterocycles. The summed E-state index contributed by atoms with van der Waals surface area (Å²) in [5, 5.41) is 6.48. The van der Waals surface area contributed by atoms with Crippen molar-refractivity contribution in [3.05, 3.63) is 0 Å². The molecule has 0 radical (unpaired) electrons. The first-order chi connectivity index (χ1) is 9.23. The van der Waals surface area contributed by atoms with Gasteiger partial charge in [0.1, 0.15) is 0 Å². The third-order valence-corrected chi connectivity index (χ3v) is 4.75. The van der Waals surface area contributed by atoms with E-state index in [-0.39, 0.29) is 5.91 Å². The topological polar surface area (TPSA) is 50.4 Å². The summed E-state index contributed by atoms with van der Waals surface area (Å²) in [6.07, 6.45) is 7.07. The Kier molecular flexibility index (Phi) is 5.22. The van der Waals surface area contributed by atoms with Gasteiger partial charge in [-0.25, -0.2) is 0 Å². The van der Waals surface area contributed by atoms with Crippen molar-refractivity contribution in [1.82, 2.24) is 10.6 Å². The number of carbonyl (C=O) groups is 1. The molecule has 19 heavy (non-hydrogen) atoms. The number of amides is 1. The normalized spacial score (nSPS) is 27.7. The van der Waals surface area contributed by atoms with Crippen molar-refractivity contribution in [2.75, 3.05) is 19.7 Å². The minimum absolute atomic E-state index is 0.165. The van der Waals surface area contributed by atoms with E-state index in [9.17, 15) is 4.79 Å². The van der Waals surface area contributed by atoms with Crippen molar-refractivity contribution in [3.63, 3.8) is 0 Å². The van der Waals surface area contributed by atoms with Gasteiger partial charge in [-0.05, 0) is 32.6 Å². The largest absolute Gasteiger partial charge is 0.378 e. The lowest BCUT2D eigenvalue weighted by Gasteiger charge is -2.61. The predicted molar refractivity (Wildman–Crippen MR) is 76.0 cm³/mol. The second-order valence-corrected chi connectivity index (χ2v) is 5.87. The van der Waals surface area contributed by atoms with Crippen LogP contribution in [0.4, 0.5) is 0 Å². The molecule has 2 aliphatic carbocycles. The standard InChI is InChI=1S/C15H28N2O2/c1-3-9-17-14(18)6-10-16-12-11-13(19-4-2)15(12)7-5-8-15/h12-13,16H,3-11H2,1-2H3,(H,17,18). The second-order valence-electron chi connectivity index (χ2n) is 5.87. The van der Waals surface area contributed by atoms with Crippen LogP contribution in [0.25, 0.3) is 0 Å². The lowest BCUT2D eigenvalue weighted by atomic mass is 9.51. The van der Waals surface area contributed by atoms with Gasteiger partial charge in [-0.2, -0.15) is 0 Å². The molecule has 0 aromatic rings. The second kappa shape index (κ2) is 6.71. The first-order valence-corrected chi connectivity index (χ1v) is 7.84. The summed E-state index contributed by atoms with van der Waals surface area (Å²) in [6, 6.07) is 0.566. The van der Waals surface area contributed by atoms with Crippen LogP contribution in [0, 0.1) is 5.41 Å². The van der Waals surface area contributed by atoms with Crippen LogP contribution >= 0.6 is 0 Å². The molecule has 0 aliphatic heterocycles. The maximum atomic E-state index is 11.5. The van der Waals surface area contributed by atoms with Crippen LogP contribution in [0.15, 0.2) is 0 Å². The molecule has 0 aromatic carbocycles. The average Bonchev–Trinajstić information content (AvgIpc) is 2.32. The van der Waals surface area contributed by atoms with E-state index < -0.39 is 0 Å². The number of nitrogens with one attached hydrogen (secondary N) is 2. The Hall–Kier alpha value is -0.610.